The van der Waals surface area contributed by atoms with Gasteiger partial charge in [0.25, 0.3) is 0 Å². The highest BCUT2D eigenvalue weighted by Crippen LogP contribution is 2.13. The molecule has 0 amide bonds. The minimum Gasteiger partial charge on any atom is -0.460 e. The number of aldehydes is 1. The highest BCUT2D eigenvalue weighted by Gasteiger charge is 2.16. The molecule has 0 aliphatic rings. The van der Waals surface area contributed by atoms with E-state index in [9.17, 15) is 47.9 Å². The van der Waals surface area contributed by atoms with Crippen LogP contribution in [-0.4, -0.2) is 197 Å². The first-order valence-electron chi connectivity index (χ1n) is 26.4. The molecule has 0 saturated heterocycles. The highest BCUT2D eigenvalue weighted by molar-refractivity contribution is 5.96. The van der Waals surface area contributed by atoms with Crippen LogP contribution in [0.2, 0.25) is 0 Å². The average molecular weight is 1180 g/mol. The normalized spacial score (nSPS) is 10.6. The Morgan fingerprint density at radius 3 is 0.518 bits per heavy atom. The quantitative estimate of drug-likeness (QED) is 0.0239. The number of rotatable bonds is 39. The number of ether oxygens (including phenoxy) is 14. The summed E-state index contributed by atoms with van der Waals surface area (Å²) in [6, 6.07) is 28.4. The number of carbonyl (C=O) groups is 10. The average Bonchev–Trinajstić information content (AvgIpc) is 3.65. The van der Waals surface area contributed by atoms with E-state index in [1.165, 1.54) is 121 Å². The smallest absolute Gasteiger partial charge is 0.338 e. The van der Waals surface area contributed by atoms with Crippen molar-refractivity contribution in [3.05, 3.63) is 177 Å². The van der Waals surface area contributed by atoms with Gasteiger partial charge < -0.3 is 71.4 Å². The Morgan fingerprint density at radius 1 is 0.235 bits per heavy atom. The lowest BCUT2D eigenvalue weighted by molar-refractivity contribution is 0.0138. The Morgan fingerprint density at radius 2 is 0.376 bits per heavy atom. The Bertz CT molecular complexity index is 2920. The monoisotopic (exact) mass is 1180 g/mol. The molecule has 5 aromatic carbocycles. The van der Waals surface area contributed by atoms with Crippen molar-refractivity contribution in [3.8, 4) is 0 Å². The van der Waals surface area contributed by atoms with Gasteiger partial charge in [-0.2, -0.15) is 0 Å². The van der Waals surface area contributed by atoms with Gasteiger partial charge in [-0.05, 0) is 109 Å². The van der Waals surface area contributed by atoms with E-state index < -0.39 is 53.7 Å². The Hall–Kier alpha value is -9.24. The van der Waals surface area contributed by atoms with Crippen LogP contribution in [0.15, 0.2) is 121 Å². The predicted octanol–water partition coefficient (Wildman–Crippen LogP) is 4.79. The van der Waals surface area contributed by atoms with Crippen LogP contribution in [0, 0.1) is 0 Å². The first-order chi connectivity index (χ1) is 41.4. The van der Waals surface area contributed by atoms with Gasteiger partial charge in [-0.25, -0.2) is 43.2 Å². The molecule has 1 N–H and O–H groups in total. The number of aliphatic hydroxyl groups is 1. The molecule has 0 saturated carbocycles. The fourth-order valence-electron chi connectivity index (χ4n) is 6.73. The van der Waals surface area contributed by atoms with Crippen molar-refractivity contribution in [3.63, 3.8) is 0 Å². The fraction of sp³-hybridized carbons (Fsp3) is 0.333. The van der Waals surface area contributed by atoms with Gasteiger partial charge in [-0.3, -0.25) is 4.79 Å². The van der Waals surface area contributed by atoms with Gasteiger partial charge in [0.05, 0.1) is 123 Å². The first-order valence-corrected chi connectivity index (χ1v) is 26.4. The molecule has 0 unspecified atom stereocenters. The van der Waals surface area contributed by atoms with Crippen molar-refractivity contribution in [2.75, 3.05) is 132 Å². The molecule has 0 aliphatic heterocycles. The predicted molar refractivity (Wildman–Crippen MR) is 291 cm³/mol. The lowest BCUT2D eigenvalue weighted by Gasteiger charge is -2.09. The van der Waals surface area contributed by atoms with Crippen LogP contribution in [0.4, 0.5) is 0 Å². The SMILES string of the molecule is O=Cc1ccc(C(=O)OCCOCCOC(=O)c2ccc(C(=O)OCCOCCOC(=O)c3ccc(C(=O)OCCOCCOC(=O)c4ccc(C(=O)OCCOCCOC(=O)c5ccc(C(=O)OCCOCCO)cc5)cc4)cc3)cc2)cc1. The molecule has 85 heavy (non-hydrogen) atoms. The van der Waals surface area contributed by atoms with E-state index in [-0.39, 0.29) is 177 Å². The number of benzene rings is 5. The van der Waals surface area contributed by atoms with Crippen LogP contribution < -0.4 is 0 Å². The highest BCUT2D eigenvalue weighted by atomic mass is 16.6. The second kappa shape index (κ2) is 38.5. The molecular formula is C60H62O25. The van der Waals surface area contributed by atoms with Gasteiger partial charge >= 0.3 is 53.7 Å². The number of carbonyl (C=O) groups excluding carboxylic acids is 10. The van der Waals surface area contributed by atoms with Crippen LogP contribution in [-0.2, 0) is 66.3 Å². The summed E-state index contributed by atoms with van der Waals surface area (Å²) >= 11 is 0. The Balaban J connectivity index is 0.814. The molecule has 25 heteroatoms. The lowest BCUT2D eigenvalue weighted by Crippen LogP contribution is -2.16. The molecule has 5 rings (SSSR count). The summed E-state index contributed by atoms with van der Waals surface area (Å²) in [5.41, 5.74) is 2.24. The molecule has 25 nitrogen and oxygen atoms in total. The number of hydrogen-bond donors (Lipinski definition) is 1. The summed E-state index contributed by atoms with van der Waals surface area (Å²) in [4.78, 5) is 122. The maximum Gasteiger partial charge on any atom is 0.338 e. The molecule has 5 aromatic rings. The van der Waals surface area contributed by atoms with E-state index in [4.69, 9.17) is 71.4 Å². The van der Waals surface area contributed by atoms with Crippen molar-refractivity contribution in [1.29, 1.82) is 0 Å². The van der Waals surface area contributed by atoms with E-state index in [1.807, 2.05) is 0 Å². The van der Waals surface area contributed by atoms with E-state index in [0.717, 1.165) is 0 Å². The first kappa shape index (κ1) is 66.6. The summed E-state index contributed by atoms with van der Waals surface area (Å²) in [7, 11) is 0. The maximum absolute atomic E-state index is 12.5. The molecule has 0 radical (unpaired) electrons. The lowest BCUT2D eigenvalue weighted by atomic mass is 10.1. The number of hydrogen-bond acceptors (Lipinski definition) is 25. The molecule has 0 heterocycles. The number of aliphatic hydroxyl groups excluding tert-OH is 1. The van der Waals surface area contributed by atoms with Gasteiger partial charge in [-0.1, -0.05) is 12.1 Å². The summed E-state index contributed by atoms with van der Waals surface area (Å²) in [6.07, 6.45) is 0.665. The zero-order valence-corrected chi connectivity index (χ0v) is 46.0. The van der Waals surface area contributed by atoms with E-state index in [1.54, 1.807) is 0 Å². The summed E-state index contributed by atoms with van der Waals surface area (Å²) < 4.78 is 72.9. The Kier molecular flexibility index (Phi) is 30.2. The van der Waals surface area contributed by atoms with E-state index >= 15 is 0 Å². The summed E-state index contributed by atoms with van der Waals surface area (Å²) in [6.45, 7) is -0.358. The second-order valence-corrected chi connectivity index (χ2v) is 17.1. The van der Waals surface area contributed by atoms with Crippen molar-refractivity contribution in [2.24, 2.45) is 0 Å². The van der Waals surface area contributed by atoms with E-state index in [0.29, 0.717) is 17.4 Å². The third-order valence-corrected chi connectivity index (χ3v) is 11.1. The van der Waals surface area contributed by atoms with Crippen LogP contribution in [0.5, 0.6) is 0 Å². The standard InChI is InChI=1S/C60H62O25/c61-21-22-72-23-32-77-53(64)44-5-7-45(8-6-44)54(65)80-35-26-74-27-36-81-57(68)48-13-15-49(16-14-48)58(69)84-39-30-76-31-40-85-60(71)51-19-17-50(18-20-51)59(70)83-38-29-75-28-37-82-56(67)47-11-9-46(10-12-47)55(66)79-34-25-73-24-33-78-52(63)43-3-1-42(41-62)2-4-43/h1-20,41,61H,21-40H2. The van der Waals surface area contributed by atoms with Gasteiger partial charge in [0.15, 0.2) is 0 Å². The van der Waals surface area contributed by atoms with Crippen LogP contribution in [0.25, 0.3) is 0 Å². The third kappa shape index (κ3) is 25.0. The fourth-order valence-corrected chi connectivity index (χ4v) is 6.73. The van der Waals surface area contributed by atoms with Crippen molar-refractivity contribution in [1.82, 2.24) is 0 Å². The third-order valence-electron chi connectivity index (χ3n) is 11.1. The van der Waals surface area contributed by atoms with Crippen LogP contribution in [0.1, 0.15) is 104 Å². The summed E-state index contributed by atoms with van der Waals surface area (Å²) in [5.74, 6) is -5.75. The molecule has 0 aliphatic carbocycles. The zero-order valence-electron chi connectivity index (χ0n) is 46.0. The van der Waals surface area contributed by atoms with Crippen LogP contribution >= 0.6 is 0 Å². The maximum atomic E-state index is 12.5. The minimum atomic E-state index is -0.668. The van der Waals surface area contributed by atoms with Crippen molar-refractivity contribution >= 4 is 60.0 Å². The summed E-state index contributed by atoms with van der Waals surface area (Å²) in [5, 5.41) is 8.69. The minimum absolute atomic E-state index is 0.000382. The molecule has 0 atom stereocenters. The molecule has 0 spiro atoms. The molecular weight excluding hydrogens is 1120 g/mol. The van der Waals surface area contributed by atoms with E-state index in [2.05, 4.69) is 0 Å². The largest absolute Gasteiger partial charge is 0.460 e. The van der Waals surface area contributed by atoms with Gasteiger partial charge in [-0.15, -0.1) is 0 Å². The zero-order chi connectivity index (χ0) is 60.9. The topological polar surface area (TPSA) is 320 Å². The van der Waals surface area contributed by atoms with Crippen LogP contribution in [0.3, 0.4) is 0 Å². The Labute approximate surface area is 487 Å². The molecule has 452 valence electrons. The second-order valence-electron chi connectivity index (χ2n) is 17.1. The van der Waals surface area contributed by atoms with Gasteiger partial charge in [0.2, 0.25) is 0 Å². The molecule has 0 bridgehead atoms. The van der Waals surface area contributed by atoms with Crippen molar-refractivity contribution in [2.45, 2.75) is 0 Å². The molecule has 0 fully saturated rings. The number of esters is 9. The van der Waals surface area contributed by atoms with Crippen molar-refractivity contribution < 1.29 is 119 Å². The molecule has 0 aromatic heterocycles. The van der Waals surface area contributed by atoms with Gasteiger partial charge in [0, 0.05) is 5.56 Å². The van der Waals surface area contributed by atoms with Gasteiger partial charge in [0.1, 0.15) is 65.7 Å².